The quantitative estimate of drug-likeness (QED) is 0.650. The molecule has 2 aromatic carbocycles. The third-order valence-corrected chi connectivity index (χ3v) is 5.93. The molecule has 0 spiro atoms. The first-order valence-electron chi connectivity index (χ1n) is 9.61. The molecular formula is C22H30N2O3S. The number of nitrogens with zero attached hydrogens (tertiary/aromatic N) is 1. The highest BCUT2D eigenvalue weighted by Gasteiger charge is 2.28. The standard InChI is InChI=1S/C22H30N2O3S/c1-17(2)20-14-12-19(13-15-20)9-8-16-23-22(25)18(3)24(28(4,26)27)21-10-6-5-7-11-21/h5-7,10-15,17-18H,8-9,16H2,1-4H3,(H,23,25)/t18-/m1/s1. The summed E-state index contributed by atoms with van der Waals surface area (Å²) in [5.41, 5.74) is 3.03. The first kappa shape index (κ1) is 22.0. The van der Waals surface area contributed by atoms with Crippen LogP contribution in [0.1, 0.15) is 44.2 Å². The summed E-state index contributed by atoms with van der Waals surface area (Å²) in [6.45, 7) is 6.44. The van der Waals surface area contributed by atoms with Gasteiger partial charge in [-0.1, -0.05) is 56.3 Å². The average Bonchev–Trinajstić information content (AvgIpc) is 2.65. The predicted molar refractivity (Wildman–Crippen MR) is 115 cm³/mol. The van der Waals surface area contributed by atoms with Gasteiger partial charge >= 0.3 is 0 Å². The second kappa shape index (κ2) is 9.73. The van der Waals surface area contributed by atoms with Gasteiger partial charge in [-0.15, -0.1) is 0 Å². The van der Waals surface area contributed by atoms with Crippen LogP contribution in [-0.4, -0.2) is 33.2 Å². The lowest BCUT2D eigenvalue weighted by Gasteiger charge is -2.28. The summed E-state index contributed by atoms with van der Waals surface area (Å²) in [5.74, 6) is 0.210. The minimum Gasteiger partial charge on any atom is -0.354 e. The zero-order valence-corrected chi connectivity index (χ0v) is 17.9. The maximum absolute atomic E-state index is 12.5. The van der Waals surface area contributed by atoms with Gasteiger partial charge in [0.25, 0.3) is 0 Å². The van der Waals surface area contributed by atoms with Gasteiger partial charge in [0.15, 0.2) is 0 Å². The first-order chi connectivity index (χ1) is 13.2. The number of para-hydroxylation sites is 1. The molecule has 0 unspecified atom stereocenters. The number of amides is 1. The van der Waals surface area contributed by atoms with E-state index in [0.717, 1.165) is 23.4 Å². The minimum absolute atomic E-state index is 0.301. The van der Waals surface area contributed by atoms with Gasteiger partial charge in [-0.05, 0) is 48.9 Å². The van der Waals surface area contributed by atoms with E-state index in [9.17, 15) is 13.2 Å². The first-order valence-corrected chi connectivity index (χ1v) is 11.5. The molecule has 2 aromatic rings. The van der Waals surface area contributed by atoms with Gasteiger partial charge in [0.05, 0.1) is 11.9 Å². The van der Waals surface area contributed by atoms with Crippen LogP contribution in [0, 0.1) is 0 Å². The van der Waals surface area contributed by atoms with Gasteiger partial charge in [-0.25, -0.2) is 8.42 Å². The van der Waals surface area contributed by atoms with E-state index < -0.39 is 16.1 Å². The third-order valence-electron chi connectivity index (χ3n) is 4.69. The molecule has 2 rings (SSSR count). The van der Waals surface area contributed by atoms with Crippen molar-refractivity contribution in [2.24, 2.45) is 0 Å². The number of benzene rings is 2. The molecule has 28 heavy (non-hydrogen) atoms. The molecule has 5 nitrogen and oxygen atoms in total. The molecule has 0 radical (unpaired) electrons. The summed E-state index contributed by atoms with van der Waals surface area (Å²) in [6, 6.07) is 16.4. The number of carbonyl (C=O) groups excluding carboxylic acids is 1. The molecule has 0 aliphatic heterocycles. The van der Waals surface area contributed by atoms with E-state index in [4.69, 9.17) is 0 Å². The van der Waals surface area contributed by atoms with Crippen LogP contribution in [0.2, 0.25) is 0 Å². The normalized spacial score (nSPS) is 12.6. The van der Waals surface area contributed by atoms with Crippen molar-refractivity contribution >= 4 is 21.6 Å². The maximum atomic E-state index is 12.5. The van der Waals surface area contributed by atoms with Gasteiger partial charge in [0.1, 0.15) is 6.04 Å². The second-order valence-corrected chi connectivity index (χ2v) is 9.22. The molecule has 152 valence electrons. The fourth-order valence-electron chi connectivity index (χ4n) is 3.10. The highest BCUT2D eigenvalue weighted by atomic mass is 32.2. The zero-order valence-electron chi connectivity index (χ0n) is 17.1. The van der Waals surface area contributed by atoms with Crippen molar-refractivity contribution in [1.82, 2.24) is 5.32 Å². The molecule has 0 fully saturated rings. The number of carbonyl (C=O) groups is 1. The Bertz CT molecular complexity index is 862. The monoisotopic (exact) mass is 402 g/mol. The van der Waals surface area contributed by atoms with Crippen molar-refractivity contribution in [2.75, 3.05) is 17.1 Å². The van der Waals surface area contributed by atoms with Crippen LogP contribution in [0.5, 0.6) is 0 Å². The molecule has 0 aliphatic rings. The number of aryl methyl sites for hydroxylation is 1. The minimum atomic E-state index is -3.57. The number of nitrogens with one attached hydrogen (secondary N) is 1. The smallest absolute Gasteiger partial charge is 0.243 e. The Morgan fingerprint density at radius 1 is 1.00 bits per heavy atom. The fourth-order valence-corrected chi connectivity index (χ4v) is 4.28. The molecule has 0 aliphatic carbocycles. The summed E-state index contributed by atoms with van der Waals surface area (Å²) in [7, 11) is -3.57. The Kier molecular flexibility index (Phi) is 7.63. The van der Waals surface area contributed by atoms with Crippen molar-refractivity contribution in [3.05, 3.63) is 65.7 Å². The van der Waals surface area contributed by atoms with E-state index in [0.29, 0.717) is 18.2 Å². The average molecular weight is 403 g/mol. The lowest BCUT2D eigenvalue weighted by Crippen LogP contribution is -2.48. The van der Waals surface area contributed by atoms with E-state index in [2.05, 4.69) is 43.4 Å². The highest BCUT2D eigenvalue weighted by Crippen LogP contribution is 2.20. The molecule has 0 saturated heterocycles. The van der Waals surface area contributed by atoms with Crippen molar-refractivity contribution in [2.45, 2.75) is 45.6 Å². The van der Waals surface area contributed by atoms with Gasteiger partial charge in [0.2, 0.25) is 15.9 Å². The summed E-state index contributed by atoms with van der Waals surface area (Å²) in [6.07, 6.45) is 2.77. The van der Waals surface area contributed by atoms with Crippen LogP contribution in [0.25, 0.3) is 0 Å². The van der Waals surface area contributed by atoms with Crippen LogP contribution in [0.4, 0.5) is 5.69 Å². The van der Waals surface area contributed by atoms with E-state index >= 15 is 0 Å². The van der Waals surface area contributed by atoms with E-state index in [1.54, 1.807) is 31.2 Å². The largest absolute Gasteiger partial charge is 0.354 e. The van der Waals surface area contributed by atoms with Crippen LogP contribution < -0.4 is 9.62 Å². The molecule has 1 amide bonds. The van der Waals surface area contributed by atoms with Crippen molar-refractivity contribution < 1.29 is 13.2 Å². The Labute approximate surface area is 168 Å². The van der Waals surface area contributed by atoms with Crippen molar-refractivity contribution in [3.63, 3.8) is 0 Å². The Hall–Kier alpha value is -2.34. The number of sulfonamides is 1. The third kappa shape index (κ3) is 6.09. The maximum Gasteiger partial charge on any atom is 0.243 e. The van der Waals surface area contributed by atoms with E-state index in [1.165, 1.54) is 11.1 Å². The van der Waals surface area contributed by atoms with Gasteiger partial charge < -0.3 is 5.32 Å². The number of anilines is 1. The van der Waals surface area contributed by atoms with E-state index in [1.807, 2.05) is 6.07 Å². The van der Waals surface area contributed by atoms with Crippen LogP contribution in [-0.2, 0) is 21.2 Å². The molecule has 1 atom stereocenters. The summed E-state index contributed by atoms with van der Waals surface area (Å²) in [5, 5.41) is 2.86. The number of hydrogen-bond donors (Lipinski definition) is 1. The van der Waals surface area contributed by atoms with E-state index in [-0.39, 0.29) is 5.91 Å². The summed E-state index contributed by atoms with van der Waals surface area (Å²) in [4.78, 5) is 12.5. The summed E-state index contributed by atoms with van der Waals surface area (Å²) >= 11 is 0. The van der Waals surface area contributed by atoms with Crippen molar-refractivity contribution in [3.8, 4) is 0 Å². The molecule has 1 N–H and O–H groups in total. The molecule has 6 heteroatoms. The molecule has 0 bridgehead atoms. The topological polar surface area (TPSA) is 66.5 Å². The SMILES string of the molecule is CC(C)c1ccc(CCCNC(=O)[C@@H](C)N(c2ccccc2)S(C)(=O)=O)cc1. The van der Waals surface area contributed by atoms with Crippen molar-refractivity contribution in [1.29, 1.82) is 0 Å². The van der Waals surface area contributed by atoms with Crippen LogP contribution in [0.15, 0.2) is 54.6 Å². The molecule has 0 saturated carbocycles. The highest BCUT2D eigenvalue weighted by molar-refractivity contribution is 7.92. The number of hydrogen-bond acceptors (Lipinski definition) is 3. The Morgan fingerprint density at radius 2 is 1.61 bits per heavy atom. The molecular weight excluding hydrogens is 372 g/mol. The van der Waals surface area contributed by atoms with Crippen LogP contribution in [0.3, 0.4) is 0 Å². The fraction of sp³-hybridized carbons (Fsp3) is 0.409. The second-order valence-electron chi connectivity index (χ2n) is 7.36. The Balaban J connectivity index is 1.90. The molecule has 0 heterocycles. The molecule has 0 aromatic heterocycles. The lowest BCUT2D eigenvalue weighted by atomic mass is 10.0. The summed E-state index contributed by atoms with van der Waals surface area (Å²) < 4.78 is 25.6. The lowest BCUT2D eigenvalue weighted by molar-refractivity contribution is -0.121. The zero-order chi connectivity index (χ0) is 20.7. The predicted octanol–water partition coefficient (Wildman–Crippen LogP) is 3.71. The number of rotatable bonds is 9. The Morgan fingerprint density at radius 3 is 2.14 bits per heavy atom. The van der Waals surface area contributed by atoms with Gasteiger partial charge in [-0.3, -0.25) is 9.10 Å². The van der Waals surface area contributed by atoms with Gasteiger partial charge in [-0.2, -0.15) is 0 Å². The van der Waals surface area contributed by atoms with Gasteiger partial charge in [0, 0.05) is 6.54 Å². The van der Waals surface area contributed by atoms with Crippen LogP contribution >= 0.6 is 0 Å².